The maximum Gasteiger partial charge on any atom is 0.306 e. The van der Waals surface area contributed by atoms with Crippen LogP contribution in [-0.2, 0) is 22.6 Å². The van der Waals surface area contributed by atoms with Gasteiger partial charge in [-0.2, -0.15) is 0 Å². The molecule has 2 aromatic rings. The average Bonchev–Trinajstić information content (AvgIpc) is 3.00. The van der Waals surface area contributed by atoms with Gasteiger partial charge in [-0.05, 0) is 24.1 Å². The van der Waals surface area contributed by atoms with Crippen molar-refractivity contribution in [3.63, 3.8) is 0 Å². The fraction of sp³-hybridized carbons (Fsp3) is 0.250. The first-order valence-corrected chi connectivity index (χ1v) is 7.71. The Labute approximate surface area is 143 Å². The van der Waals surface area contributed by atoms with E-state index in [4.69, 9.17) is 37.4 Å². The predicted molar refractivity (Wildman–Crippen MR) is 84.9 cm³/mol. The number of hydrogen-bond donors (Lipinski definition) is 0. The molecule has 0 N–H and O–H groups in total. The fourth-order valence-corrected chi connectivity index (χ4v) is 2.62. The summed E-state index contributed by atoms with van der Waals surface area (Å²) < 4.78 is 15.8. The standard InChI is InChI=1S/C16H13Cl2NO4/c17-12-6-19-7-13(18)11(12)8-21-16(20)4-2-10-1-3-14-15(5-10)23-9-22-14/h1,3,5-7H,2,4,8-9H2. The van der Waals surface area contributed by atoms with Crippen LogP contribution in [0.5, 0.6) is 11.5 Å². The van der Waals surface area contributed by atoms with Crippen molar-refractivity contribution in [2.24, 2.45) is 0 Å². The summed E-state index contributed by atoms with van der Waals surface area (Å²) in [5, 5.41) is 0.752. The number of halogens is 2. The Hall–Kier alpha value is -1.98. The van der Waals surface area contributed by atoms with E-state index in [1.165, 1.54) is 12.4 Å². The lowest BCUT2D eigenvalue weighted by molar-refractivity contribution is -0.144. The quantitative estimate of drug-likeness (QED) is 0.765. The monoisotopic (exact) mass is 353 g/mol. The van der Waals surface area contributed by atoms with Gasteiger partial charge in [0.15, 0.2) is 11.5 Å². The molecular weight excluding hydrogens is 341 g/mol. The summed E-state index contributed by atoms with van der Waals surface area (Å²) in [6.07, 6.45) is 3.72. The first kappa shape index (κ1) is 15.9. The SMILES string of the molecule is O=C(CCc1ccc2c(c1)OCO2)OCc1c(Cl)cncc1Cl. The van der Waals surface area contributed by atoms with Crippen LogP contribution in [0.3, 0.4) is 0 Å². The van der Waals surface area contributed by atoms with Crippen molar-refractivity contribution in [1.82, 2.24) is 4.98 Å². The van der Waals surface area contributed by atoms with E-state index in [9.17, 15) is 4.79 Å². The summed E-state index contributed by atoms with van der Waals surface area (Å²) >= 11 is 12.0. The van der Waals surface area contributed by atoms with Crippen molar-refractivity contribution in [3.05, 3.63) is 51.8 Å². The zero-order valence-corrected chi connectivity index (χ0v) is 13.6. The summed E-state index contributed by atoms with van der Waals surface area (Å²) in [6, 6.07) is 5.60. The van der Waals surface area contributed by atoms with E-state index < -0.39 is 0 Å². The number of aryl methyl sites for hydroxylation is 1. The Morgan fingerprint density at radius 1 is 1.17 bits per heavy atom. The zero-order valence-electron chi connectivity index (χ0n) is 12.1. The molecule has 1 aliphatic heterocycles. The van der Waals surface area contributed by atoms with Crippen LogP contribution in [-0.4, -0.2) is 17.7 Å². The third kappa shape index (κ3) is 3.86. The van der Waals surface area contributed by atoms with Crippen LogP contribution >= 0.6 is 23.2 Å². The molecule has 0 spiro atoms. The van der Waals surface area contributed by atoms with Crippen molar-refractivity contribution in [2.75, 3.05) is 6.79 Å². The molecule has 120 valence electrons. The lowest BCUT2D eigenvalue weighted by Gasteiger charge is -2.08. The van der Waals surface area contributed by atoms with Crippen molar-refractivity contribution >= 4 is 29.2 Å². The van der Waals surface area contributed by atoms with E-state index in [2.05, 4.69) is 4.98 Å². The minimum absolute atomic E-state index is 0.0279. The number of rotatable bonds is 5. The Morgan fingerprint density at radius 2 is 1.91 bits per heavy atom. The molecule has 1 aliphatic rings. The van der Waals surface area contributed by atoms with E-state index in [0.29, 0.717) is 27.8 Å². The third-order valence-corrected chi connectivity index (χ3v) is 4.04. The molecular formula is C16H13Cl2NO4. The molecule has 0 bridgehead atoms. The molecule has 0 amide bonds. The van der Waals surface area contributed by atoms with Gasteiger partial charge in [-0.15, -0.1) is 0 Å². The number of pyridine rings is 1. The molecule has 1 aromatic heterocycles. The first-order valence-electron chi connectivity index (χ1n) is 6.95. The molecule has 0 saturated heterocycles. The first-order chi connectivity index (χ1) is 11.1. The molecule has 0 unspecified atom stereocenters. The number of aromatic nitrogens is 1. The van der Waals surface area contributed by atoms with Crippen molar-refractivity contribution in [3.8, 4) is 11.5 Å². The maximum atomic E-state index is 11.9. The summed E-state index contributed by atoms with van der Waals surface area (Å²) in [5.41, 5.74) is 1.53. The van der Waals surface area contributed by atoms with Gasteiger partial charge in [0.1, 0.15) is 6.61 Å². The van der Waals surface area contributed by atoms with Gasteiger partial charge in [0.05, 0.1) is 10.0 Å². The molecule has 0 atom stereocenters. The highest BCUT2D eigenvalue weighted by Gasteiger charge is 2.14. The zero-order chi connectivity index (χ0) is 16.2. The molecule has 2 heterocycles. The second-order valence-electron chi connectivity index (χ2n) is 4.93. The van der Waals surface area contributed by atoms with Gasteiger partial charge >= 0.3 is 5.97 Å². The topological polar surface area (TPSA) is 57.7 Å². The van der Waals surface area contributed by atoms with Gasteiger partial charge in [0.25, 0.3) is 0 Å². The Kier molecular flexibility index (Phi) is 4.88. The van der Waals surface area contributed by atoms with Gasteiger partial charge in [-0.3, -0.25) is 9.78 Å². The van der Waals surface area contributed by atoms with E-state index in [-0.39, 0.29) is 25.8 Å². The lowest BCUT2D eigenvalue weighted by Crippen LogP contribution is -2.06. The normalized spacial score (nSPS) is 12.3. The maximum absolute atomic E-state index is 11.9. The number of carbonyl (C=O) groups excluding carboxylic acids is 1. The Bertz CT molecular complexity index is 716. The fourth-order valence-electron chi connectivity index (χ4n) is 2.14. The van der Waals surface area contributed by atoms with Crippen LogP contribution in [0, 0.1) is 0 Å². The summed E-state index contributed by atoms with van der Waals surface area (Å²) in [7, 11) is 0. The van der Waals surface area contributed by atoms with Gasteiger partial charge in [0.2, 0.25) is 6.79 Å². The van der Waals surface area contributed by atoms with Crippen molar-refractivity contribution < 1.29 is 19.0 Å². The van der Waals surface area contributed by atoms with E-state index in [1.54, 1.807) is 0 Å². The van der Waals surface area contributed by atoms with Gasteiger partial charge in [-0.25, -0.2) is 0 Å². The third-order valence-electron chi connectivity index (χ3n) is 3.38. The highest BCUT2D eigenvalue weighted by molar-refractivity contribution is 6.35. The molecule has 23 heavy (non-hydrogen) atoms. The summed E-state index contributed by atoms with van der Waals surface area (Å²) in [5.74, 6) is 1.09. The minimum Gasteiger partial charge on any atom is -0.461 e. The Balaban J connectivity index is 1.52. The molecule has 7 heteroatoms. The molecule has 0 fully saturated rings. The highest BCUT2D eigenvalue weighted by Crippen LogP contribution is 2.32. The number of hydrogen-bond acceptors (Lipinski definition) is 5. The van der Waals surface area contributed by atoms with Crippen LogP contribution in [0.25, 0.3) is 0 Å². The van der Waals surface area contributed by atoms with Crippen molar-refractivity contribution in [1.29, 1.82) is 0 Å². The van der Waals surface area contributed by atoms with Crippen LogP contribution < -0.4 is 9.47 Å². The van der Waals surface area contributed by atoms with E-state index >= 15 is 0 Å². The summed E-state index contributed by atoms with van der Waals surface area (Å²) in [6.45, 7) is 0.258. The second kappa shape index (κ2) is 7.06. The van der Waals surface area contributed by atoms with E-state index in [1.807, 2.05) is 18.2 Å². The highest BCUT2D eigenvalue weighted by atomic mass is 35.5. The second-order valence-corrected chi connectivity index (χ2v) is 5.74. The molecule has 1 aromatic carbocycles. The smallest absolute Gasteiger partial charge is 0.306 e. The summed E-state index contributed by atoms with van der Waals surface area (Å²) in [4.78, 5) is 15.7. The predicted octanol–water partition coefficient (Wildman–Crippen LogP) is 3.79. The van der Waals surface area contributed by atoms with Crippen molar-refractivity contribution in [2.45, 2.75) is 19.4 Å². The molecule has 0 aliphatic carbocycles. The van der Waals surface area contributed by atoms with Gasteiger partial charge in [-0.1, -0.05) is 29.3 Å². The molecule has 3 rings (SSSR count). The van der Waals surface area contributed by atoms with Crippen LogP contribution in [0.2, 0.25) is 10.0 Å². The largest absolute Gasteiger partial charge is 0.461 e. The number of carbonyl (C=O) groups is 1. The van der Waals surface area contributed by atoms with Crippen LogP contribution in [0.4, 0.5) is 0 Å². The van der Waals surface area contributed by atoms with Gasteiger partial charge < -0.3 is 14.2 Å². The van der Waals surface area contributed by atoms with Crippen LogP contribution in [0.1, 0.15) is 17.5 Å². The Morgan fingerprint density at radius 3 is 2.70 bits per heavy atom. The number of benzene rings is 1. The number of nitrogens with zero attached hydrogens (tertiary/aromatic N) is 1. The number of esters is 1. The molecule has 5 nitrogen and oxygen atoms in total. The number of fused-ring (bicyclic) bond motifs is 1. The molecule has 0 saturated carbocycles. The molecule has 0 radical (unpaired) electrons. The van der Waals surface area contributed by atoms with Crippen LogP contribution in [0.15, 0.2) is 30.6 Å². The van der Waals surface area contributed by atoms with Gasteiger partial charge in [0, 0.05) is 24.4 Å². The van der Waals surface area contributed by atoms with E-state index in [0.717, 1.165) is 11.3 Å². The minimum atomic E-state index is -0.327. The average molecular weight is 354 g/mol. The lowest BCUT2D eigenvalue weighted by atomic mass is 10.1. The number of ether oxygens (including phenoxy) is 3.